The molecule has 0 aliphatic carbocycles. The molecule has 0 aromatic heterocycles. The number of amides is 1. The minimum atomic E-state index is -1.19. The Bertz CT molecular complexity index is 133. The van der Waals surface area contributed by atoms with Gasteiger partial charge >= 0.3 is 0 Å². The summed E-state index contributed by atoms with van der Waals surface area (Å²) in [7, 11) is 0. The van der Waals surface area contributed by atoms with Gasteiger partial charge in [0.25, 0.3) is 0 Å². The van der Waals surface area contributed by atoms with Crippen LogP contribution in [0.25, 0.3) is 0 Å². The highest BCUT2D eigenvalue weighted by atomic mass is 35.5. The Morgan fingerprint density at radius 1 is 1.58 bits per heavy atom. The van der Waals surface area contributed by atoms with E-state index >= 15 is 0 Å². The lowest BCUT2D eigenvalue weighted by atomic mass is 10.1. The van der Waals surface area contributed by atoms with Crippen LogP contribution in [-0.4, -0.2) is 23.2 Å². The number of aliphatic hydroxyl groups is 1. The molecule has 0 aliphatic rings. The second-order valence-electron chi connectivity index (χ2n) is 2.65. The summed E-state index contributed by atoms with van der Waals surface area (Å²) in [6.45, 7) is 2.02. The third kappa shape index (κ3) is 5.35. The van der Waals surface area contributed by atoms with Gasteiger partial charge in [-0.15, -0.1) is 12.4 Å². The second kappa shape index (κ2) is 7.34. The molecule has 0 saturated heterocycles. The van der Waals surface area contributed by atoms with Crippen molar-refractivity contribution in [3.63, 3.8) is 0 Å². The van der Waals surface area contributed by atoms with Crippen LogP contribution in [0.3, 0.4) is 0 Å². The molecule has 0 rings (SSSR count). The van der Waals surface area contributed by atoms with Crippen LogP contribution < -0.4 is 11.5 Å². The van der Waals surface area contributed by atoms with Crippen molar-refractivity contribution < 1.29 is 9.90 Å². The first-order chi connectivity index (χ1) is 5.09. The highest BCUT2D eigenvalue weighted by Gasteiger charge is 2.18. The quantitative estimate of drug-likeness (QED) is 0.568. The number of nitrogens with two attached hydrogens (primary N) is 2. The first kappa shape index (κ1) is 14.2. The predicted molar refractivity (Wildman–Crippen MR) is 49.9 cm³/mol. The zero-order valence-electron chi connectivity index (χ0n) is 7.19. The van der Waals surface area contributed by atoms with Crippen molar-refractivity contribution in [2.24, 2.45) is 11.5 Å². The summed E-state index contributed by atoms with van der Waals surface area (Å²) >= 11 is 0. The van der Waals surface area contributed by atoms with Crippen LogP contribution >= 0.6 is 12.4 Å². The average Bonchev–Trinajstić information content (AvgIpc) is 1.98. The van der Waals surface area contributed by atoms with Gasteiger partial charge < -0.3 is 16.6 Å². The summed E-state index contributed by atoms with van der Waals surface area (Å²) in [5.41, 5.74) is 10.3. The van der Waals surface area contributed by atoms with Crippen molar-refractivity contribution in [2.75, 3.05) is 0 Å². The van der Waals surface area contributed by atoms with Crippen molar-refractivity contribution in [1.82, 2.24) is 0 Å². The van der Waals surface area contributed by atoms with Gasteiger partial charge in [0, 0.05) is 6.04 Å². The summed E-state index contributed by atoms with van der Waals surface area (Å²) < 4.78 is 0. The molecule has 0 radical (unpaired) electrons. The van der Waals surface area contributed by atoms with Crippen LogP contribution in [0.1, 0.15) is 26.2 Å². The Morgan fingerprint density at radius 3 is 2.42 bits per heavy atom. The SMILES string of the molecule is CCCCC(N)C(O)C(N)=O.Cl. The third-order valence-electron chi connectivity index (χ3n) is 1.59. The number of carbonyl (C=O) groups excluding carboxylic acids is 1. The van der Waals surface area contributed by atoms with Crippen molar-refractivity contribution in [1.29, 1.82) is 0 Å². The Hall–Kier alpha value is -0.320. The highest BCUT2D eigenvalue weighted by molar-refractivity contribution is 5.85. The largest absolute Gasteiger partial charge is 0.382 e. The number of primary amides is 1. The zero-order valence-corrected chi connectivity index (χ0v) is 8.01. The van der Waals surface area contributed by atoms with Crippen molar-refractivity contribution in [3.8, 4) is 0 Å². The average molecular weight is 197 g/mol. The minimum absolute atomic E-state index is 0. The molecule has 2 atom stereocenters. The van der Waals surface area contributed by atoms with E-state index in [1.54, 1.807) is 0 Å². The van der Waals surface area contributed by atoms with E-state index < -0.39 is 18.1 Å². The fourth-order valence-electron chi connectivity index (χ4n) is 0.809. The van der Waals surface area contributed by atoms with Crippen LogP contribution in [-0.2, 0) is 4.79 Å². The lowest BCUT2D eigenvalue weighted by molar-refractivity contribution is -0.127. The third-order valence-corrected chi connectivity index (χ3v) is 1.59. The number of aliphatic hydroxyl groups excluding tert-OH is 1. The van der Waals surface area contributed by atoms with E-state index in [1.807, 2.05) is 6.92 Å². The van der Waals surface area contributed by atoms with Crippen LogP contribution in [0.5, 0.6) is 0 Å². The molecule has 0 heterocycles. The van der Waals surface area contributed by atoms with Gasteiger partial charge in [0.1, 0.15) is 6.10 Å². The van der Waals surface area contributed by atoms with Gasteiger partial charge in [-0.05, 0) is 6.42 Å². The minimum Gasteiger partial charge on any atom is -0.382 e. The highest BCUT2D eigenvalue weighted by Crippen LogP contribution is 2.01. The second-order valence-corrected chi connectivity index (χ2v) is 2.65. The monoisotopic (exact) mass is 196 g/mol. The lowest BCUT2D eigenvalue weighted by Crippen LogP contribution is -2.43. The molecule has 0 saturated carbocycles. The van der Waals surface area contributed by atoms with Gasteiger partial charge in [-0.2, -0.15) is 0 Å². The number of hydrogen-bond acceptors (Lipinski definition) is 3. The standard InChI is InChI=1S/C7H16N2O2.ClH/c1-2-3-4-5(8)6(10)7(9)11;/h5-6,10H,2-4,8H2,1H3,(H2,9,11);1H. The van der Waals surface area contributed by atoms with E-state index in [1.165, 1.54) is 0 Å². The molecule has 12 heavy (non-hydrogen) atoms. The molecule has 74 valence electrons. The number of halogens is 1. The predicted octanol–water partition coefficient (Wildman–Crippen LogP) is -0.228. The molecule has 0 fully saturated rings. The normalized spacial score (nSPS) is 14.6. The van der Waals surface area contributed by atoms with E-state index in [-0.39, 0.29) is 12.4 Å². The van der Waals surface area contributed by atoms with Gasteiger partial charge in [-0.1, -0.05) is 19.8 Å². The van der Waals surface area contributed by atoms with Crippen LogP contribution in [0, 0.1) is 0 Å². The number of carbonyl (C=O) groups is 1. The Morgan fingerprint density at radius 2 is 2.08 bits per heavy atom. The smallest absolute Gasteiger partial charge is 0.247 e. The number of hydrogen-bond donors (Lipinski definition) is 3. The first-order valence-corrected chi connectivity index (χ1v) is 3.82. The summed E-state index contributed by atoms with van der Waals surface area (Å²) in [6.07, 6.45) is 1.35. The molecule has 5 heteroatoms. The van der Waals surface area contributed by atoms with Crippen molar-refractivity contribution in [2.45, 2.75) is 38.3 Å². The molecule has 0 aromatic carbocycles. The van der Waals surface area contributed by atoms with Crippen molar-refractivity contribution >= 4 is 18.3 Å². The van der Waals surface area contributed by atoms with Gasteiger partial charge in [0.15, 0.2) is 0 Å². The summed E-state index contributed by atoms with van der Waals surface area (Å²) in [6, 6.07) is -0.507. The van der Waals surface area contributed by atoms with Crippen LogP contribution in [0.15, 0.2) is 0 Å². The topological polar surface area (TPSA) is 89.3 Å². The molecule has 5 N–H and O–H groups in total. The molecule has 0 aliphatic heterocycles. The fourth-order valence-corrected chi connectivity index (χ4v) is 0.809. The Kier molecular flexibility index (Phi) is 8.69. The van der Waals surface area contributed by atoms with Crippen LogP contribution in [0.4, 0.5) is 0 Å². The fraction of sp³-hybridized carbons (Fsp3) is 0.857. The van der Waals surface area contributed by atoms with E-state index in [0.717, 1.165) is 12.8 Å². The summed E-state index contributed by atoms with van der Waals surface area (Å²) in [5, 5.41) is 9.02. The van der Waals surface area contributed by atoms with Gasteiger partial charge in [0.2, 0.25) is 5.91 Å². The Balaban J connectivity index is 0. The zero-order chi connectivity index (χ0) is 8.85. The van der Waals surface area contributed by atoms with E-state index in [4.69, 9.17) is 16.6 Å². The maximum absolute atomic E-state index is 10.4. The van der Waals surface area contributed by atoms with Crippen LogP contribution in [0.2, 0.25) is 0 Å². The van der Waals surface area contributed by atoms with E-state index in [9.17, 15) is 4.79 Å². The lowest BCUT2D eigenvalue weighted by Gasteiger charge is -2.14. The molecular weight excluding hydrogens is 180 g/mol. The van der Waals surface area contributed by atoms with Crippen molar-refractivity contribution in [3.05, 3.63) is 0 Å². The molecule has 0 bridgehead atoms. The maximum atomic E-state index is 10.4. The van der Waals surface area contributed by atoms with E-state index in [0.29, 0.717) is 6.42 Å². The summed E-state index contributed by atoms with van der Waals surface area (Å²) in [5.74, 6) is -0.742. The molecule has 0 spiro atoms. The summed E-state index contributed by atoms with van der Waals surface area (Å²) in [4.78, 5) is 10.4. The first-order valence-electron chi connectivity index (χ1n) is 3.82. The Labute approximate surface area is 78.7 Å². The van der Waals surface area contributed by atoms with Gasteiger partial charge in [0.05, 0.1) is 0 Å². The number of rotatable bonds is 5. The molecule has 1 amide bonds. The molecule has 0 aromatic rings. The van der Waals surface area contributed by atoms with Gasteiger partial charge in [-0.25, -0.2) is 0 Å². The molecular formula is C7H17ClN2O2. The maximum Gasteiger partial charge on any atom is 0.247 e. The van der Waals surface area contributed by atoms with Gasteiger partial charge in [-0.3, -0.25) is 4.79 Å². The molecule has 4 nitrogen and oxygen atoms in total. The molecule has 2 unspecified atom stereocenters. The van der Waals surface area contributed by atoms with E-state index in [2.05, 4.69) is 0 Å². The number of unbranched alkanes of at least 4 members (excludes halogenated alkanes) is 1.